The van der Waals surface area contributed by atoms with Gasteiger partial charge < -0.3 is 9.80 Å². The van der Waals surface area contributed by atoms with Crippen molar-refractivity contribution in [1.29, 1.82) is 0 Å². The molecule has 4 aliphatic rings. The Morgan fingerprint density at radius 2 is 0.917 bits per heavy atom. The molecule has 0 saturated carbocycles. The zero-order chi connectivity index (χ0) is 51.8. The number of anilines is 6. The lowest BCUT2D eigenvalue weighted by Crippen LogP contribution is -2.61. The molecule has 0 bridgehead atoms. The van der Waals surface area contributed by atoms with Gasteiger partial charge in [0, 0.05) is 33.0 Å². The van der Waals surface area contributed by atoms with Gasteiger partial charge in [-0.3, -0.25) is 0 Å². The molecule has 72 heavy (non-hydrogen) atoms. The van der Waals surface area contributed by atoms with Gasteiger partial charge in [-0.1, -0.05) is 154 Å². The van der Waals surface area contributed by atoms with Gasteiger partial charge in [-0.15, -0.1) is 11.3 Å². The third-order valence-electron chi connectivity index (χ3n) is 18.3. The van der Waals surface area contributed by atoms with Crippen LogP contribution in [-0.2, 0) is 37.9 Å². The highest BCUT2D eigenvalue weighted by molar-refractivity contribution is 7.26. The first-order chi connectivity index (χ1) is 33.4. The van der Waals surface area contributed by atoms with Gasteiger partial charge in [-0.2, -0.15) is 0 Å². The Kier molecular flexibility index (Phi) is 10.7. The number of nitrogens with zero attached hydrogens (tertiary/aromatic N) is 2. The van der Waals surface area contributed by atoms with E-state index in [1.54, 1.807) is 0 Å². The van der Waals surface area contributed by atoms with E-state index in [0.717, 1.165) is 0 Å². The highest BCUT2D eigenvalue weighted by Crippen LogP contribution is 2.55. The molecule has 0 fully saturated rings. The van der Waals surface area contributed by atoms with Crippen molar-refractivity contribution in [1.82, 2.24) is 0 Å². The van der Waals surface area contributed by atoms with Crippen LogP contribution in [0.5, 0.6) is 0 Å². The number of thiophene rings is 1. The minimum atomic E-state index is -0.0366. The quantitative estimate of drug-likeness (QED) is 0.163. The molecule has 3 heterocycles. The molecular formula is C68H81BN2S. The van der Waals surface area contributed by atoms with Crippen molar-refractivity contribution in [2.45, 2.75) is 195 Å². The molecule has 7 aromatic rings. The third kappa shape index (κ3) is 7.60. The van der Waals surface area contributed by atoms with Gasteiger partial charge in [0.1, 0.15) is 0 Å². The Morgan fingerprint density at radius 3 is 1.47 bits per heavy atom. The Hall–Kier alpha value is -5.06. The number of hydrogen-bond acceptors (Lipinski definition) is 3. The van der Waals surface area contributed by atoms with E-state index >= 15 is 0 Å². The van der Waals surface area contributed by atoms with Crippen LogP contribution in [0.2, 0.25) is 0 Å². The fraction of sp³-hybridized carbons (Fsp3) is 0.441. The molecule has 0 spiro atoms. The summed E-state index contributed by atoms with van der Waals surface area (Å²) in [5.74, 6) is 0. The minimum absolute atomic E-state index is 0.0280. The van der Waals surface area contributed by atoms with Gasteiger partial charge in [-0.25, -0.2) is 0 Å². The monoisotopic (exact) mass is 969 g/mol. The summed E-state index contributed by atoms with van der Waals surface area (Å²) in [5.41, 5.74) is 26.4. The van der Waals surface area contributed by atoms with E-state index in [9.17, 15) is 0 Å². The van der Waals surface area contributed by atoms with Crippen molar-refractivity contribution >= 4 is 78.0 Å². The van der Waals surface area contributed by atoms with Gasteiger partial charge in [0.05, 0.1) is 10.7 Å². The Morgan fingerprint density at radius 1 is 0.444 bits per heavy atom. The average molecular weight is 969 g/mol. The standard InChI is InChI=1S/C68H81BN2S/c1-40-32-56-60-57(33-40)71(54-26-22-43(63(6,7)8)35-47(54)46-37-50-49(34-41(46)2)65(12,13)28-29-66(50,14)15)61-59(48-38-51-52(39-58(48)72-61)68(18,19)31-30-67(51,16)17)69(60)53-36-44(64(9,10)11)23-27-55(53)70(56)45-24-20-42(21-25-45)62(3,4)5/h20-27,32-39H,28-31H2,1-19H3. The van der Waals surface area contributed by atoms with E-state index < -0.39 is 0 Å². The largest absolute Gasteiger partial charge is 0.311 e. The molecule has 1 aromatic heterocycles. The fourth-order valence-electron chi connectivity index (χ4n) is 13.2. The number of hydrogen-bond donors (Lipinski definition) is 0. The lowest BCUT2D eigenvalue weighted by Gasteiger charge is -2.44. The summed E-state index contributed by atoms with van der Waals surface area (Å²) in [6.45, 7) is 45.8. The van der Waals surface area contributed by atoms with Crippen LogP contribution in [-0.4, -0.2) is 6.71 Å². The maximum absolute atomic E-state index is 2.76. The zero-order valence-electron chi connectivity index (χ0n) is 47.4. The molecule has 0 radical (unpaired) electrons. The summed E-state index contributed by atoms with van der Waals surface area (Å²) in [6.07, 6.45) is 4.77. The first-order valence-electron chi connectivity index (χ1n) is 27.3. The van der Waals surface area contributed by atoms with E-state index in [-0.39, 0.29) is 44.6 Å². The van der Waals surface area contributed by atoms with Crippen LogP contribution in [0.3, 0.4) is 0 Å². The van der Waals surface area contributed by atoms with Crippen molar-refractivity contribution < 1.29 is 0 Å². The second-order valence-corrected chi connectivity index (χ2v) is 29.6. The van der Waals surface area contributed by atoms with Crippen LogP contribution in [0.1, 0.15) is 193 Å². The van der Waals surface area contributed by atoms with Crippen LogP contribution in [0.15, 0.2) is 97.1 Å². The first-order valence-corrected chi connectivity index (χ1v) is 28.1. The average Bonchev–Trinajstić information content (AvgIpc) is 3.66. The molecule has 2 nitrogen and oxygen atoms in total. The normalized spacial score (nSPS) is 18.3. The molecule has 0 saturated heterocycles. The molecule has 2 aliphatic carbocycles. The summed E-state index contributed by atoms with van der Waals surface area (Å²) in [5, 5.41) is 2.78. The van der Waals surface area contributed by atoms with Crippen molar-refractivity contribution in [2.75, 3.05) is 9.80 Å². The van der Waals surface area contributed by atoms with E-state index in [4.69, 9.17) is 0 Å². The van der Waals surface area contributed by atoms with Gasteiger partial charge in [0.25, 0.3) is 6.71 Å². The van der Waals surface area contributed by atoms with Gasteiger partial charge in [0.15, 0.2) is 0 Å². The predicted molar refractivity (Wildman–Crippen MR) is 317 cm³/mol. The topological polar surface area (TPSA) is 6.48 Å². The molecule has 2 aliphatic heterocycles. The molecule has 0 amide bonds. The minimum Gasteiger partial charge on any atom is -0.311 e. The Labute approximate surface area is 438 Å². The summed E-state index contributed by atoms with van der Waals surface area (Å²) < 4.78 is 1.40. The van der Waals surface area contributed by atoms with Crippen LogP contribution in [0, 0.1) is 13.8 Å². The molecule has 0 atom stereocenters. The van der Waals surface area contributed by atoms with Gasteiger partial charge >= 0.3 is 0 Å². The molecule has 0 unspecified atom stereocenters. The predicted octanol–water partition coefficient (Wildman–Crippen LogP) is 17.9. The van der Waals surface area contributed by atoms with Crippen molar-refractivity contribution in [3.8, 4) is 11.1 Å². The van der Waals surface area contributed by atoms with E-state index in [1.807, 2.05) is 11.3 Å². The summed E-state index contributed by atoms with van der Waals surface area (Å²) >= 11 is 2.03. The smallest absolute Gasteiger partial charge is 0.254 e. The van der Waals surface area contributed by atoms with E-state index in [1.165, 1.54) is 147 Å². The van der Waals surface area contributed by atoms with Crippen LogP contribution < -0.4 is 26.2 Å². The lowest BCUT2D eigenvalue weighted by molar-refractivity contribution is 0.332. The van der Waals surface area contributed by atoms with Crippen LogP contribution >= 0.6 is 11.3 Å². The Bertz CT molecular complexity index is 3390. The summed E-state index contributed by atoms with van der Waals surface area (Å²) in [4.78, 5) is 5.37. The van der Waals surface area contributed by atoms with Gasteiger partial charge in [-0.05, 0) is 216 Å². The van der Waals surface area contributed by atoms with Crippen molar-refractivity contribution in [2.24, 2.45) is 0 Å². The molecule has 6 aromatic carbocycles. The molecule has 4 heteroatoms. The maximum Gasteiger partial charge on any atom is 0.254 e. The van der Waals surface area contributed by atoms with E-state index in [2.05, 4.69) is 238 Å². The first kappa shape index (κ1) is 49.2. The molecular weight excluding hydrogens is 888 g/mol. The highest BCUT2D eigenvalue weighted by Gasteiger charge is 2.48. The SMILES string of the molecule is Cc1cc2c3c(c1)N(c1ccc(C(C)(C)C)cc1-c1cc4c(cc1C)C(C)(C)CCC4(C)C)c1sc4cc5c(cc4c1B3c1cc(C(C)(C)C)ccc1N2c1ccc(C(C)(C)C)cc1)C(C)(C)CCC5(C)C. The number of benzene rings is 6. The second-order valence-electron chi connectivity index (χ2n) is 28.6. The second kappa shape index (κ2) is 15.7. The van der Waals surface area contributed by atoms with E-state index in [0.29, 0.717) is 0 Å². The highest BCUT2D eigenvalue weighted by atomic mass is 32.1. The number of rotatable bonds is 3. The molecule has 11 rings (SSSR count). The molecule has 372 valence electrons. The van der Waals surface area contributed by atoms with Crippen molar-refractivity contribution in [3.63, 3.8) is 0 Å². The Balaban J connectivity index is 1.28. The lowest BCUT2D eigenvalue weighted by atomic mass is 9.33. The summed E-state index contributed by atoms with van der Waals surface area (Å²) in [7, 11) is 0. The number of aryl methyl sites for hydroxylation is 2. The van der Waals surface area contributed by atoms with Gasteiger partial charge in [0.2, 0.25) is 0 Å². The maximum atomic E-state index is 2.76. The number of fused-ring (bicyclic) bond motifs is 8. The summed E-state index contributed by atoms with van der Waals surface area (Å²) in [6, 6.07) is 40.0. The fourth-order valence-corrected chi connectivity index (χ4v) is 14.5. The van der Waals surface area contributed by atoms with Crippen LogP contribution in [0.25, 0.3) is 21.2 Å². The van der Waals surface area contributed by atoms with Crippen molar-refractivity contribution in [3.05, 3.63) is 147 Å². The third-order valence-corrected chi connectivity index (χ3v) is 19.4. The molecule has 0 N–H and O–H groups in total. The van der Waals surface area contributed by atoms with Crippen LogP contribution in [0.4, 0.5) is 33.4 Å². The zero-order valence-corrected chi connectivity index (χ0v) is 48.3.